The van der Waals surface area contributed by atoms with E-state index in [1.165, 1.54) is 12.8 Å². The summed E-state index contributed by atoms with van der Waals surface area (Å²) in [6, 6.07) is 7.50. The lowest BCUT2D eigenvalue weighted by atomic mass is 9.91. The molecule has 0 N–H and O–H groups in total. The summed E-state index contributed by atoms with van der Waals surface area (Å²) in [6.07, 6.45) is 5.60. The third kappa shape index (κ3) is 5.47. The molecule has 3 rings (SSSR count). The Morgan fingerprint density at radius 1 is 0.963 bits per heavy atom. The summed E-state index contributed by atoms with van der Waals surface area (Å²) in [5, 5.41) is 0. The summed E-state index contributed by atoms with van der Waals surface area (Å²) in [4.78, 5) is 28.8. The van der Waals surface area contributed by atoms with E-state index in [0.29, 0.717) is 44.3 Å². The minimum absolute atomic E-state index is 0.00759. The molecule has 5 nitrogen and oxygen atoms in total. The molecule has 2 fully saturated rings. The zero-order chi connectivity index (χ0) is 19.4. The number of hydrogen-bond acceptors (Lipinski definition) is 3. The second-order valence-electron chi connectivity index (χ2n) is 8.96. The molecule has 1 aromatic rings. The molecule has 0 radical (unpaired) electrons. The maximum Gasteiger partial charge on any atom is 0.253 e. The average molecular weight is 373 g/mol. The van der Waals surface area contributed by atoms with Crippen molar-refractivity contribution in [2.75, 3.05) is 26.2 Å². The standard InChI is InChI=1S/C22H32N2O3/c1-22(2,3)16-20(25)23-12-14-24(15-13-23)21(26)17-8-10-19(11-9-17)27-18-6-4-5-7-18/h8-11,18H,4-7,12-16H2,1-3H3. The summed E-state index contributed by atoms with van der Waals surface area (Å²) in [7, 11) is 0. The lowest BCUT2D eigenvalue weighted by Crippen LogP contribution is -2.51. The Labute approximate surface area is 162 Å². The summed E-state index contributed by atoms with van der Waals surface area (Å²) in [5.41, 5.74) is 0.676. The van der Waals surface area contributed by atoms with Crippen LogP contribution in [0.3, 0.4) is 0 Å². The average Bonchev–Trinajstić information content (AvgIpc) is 3.13. The van der Waals surface area contributed by atoms with Crippen LogP contribution in [0.1, 0.15) is 63.2 Å². The minimum atomic E-state index is -0.00759. The number of amides is 2. The Bertz CT molecular complexity index is 649. The highest BCUT2D eigenvalue weighted by Gasteiger charge is 2.27. The molecule has 0 bridgehead atoms. The SMILES string of the molecule is CC(C)(C)CC(=O)N1CCN(C(=O)c2ccc(OC3CCCC3)cc2)CC1. The molecule has 1 aliphatic heterocycles. The van der Waals surface area contributed by atoms with Crippen LogP contribution in [-0.2, 0) is 4.79 Å². The molecule has 2 amide bonds. The minimum Gasteiger partial charge on any atom is -0.490 e. The molecule has 0 atom stereocenters. The highest BCUT2D eigenvalue weighted by atomic mass is 16.5. The molecular formula is C22H32N2O3. The summed E-state index contributed by atoms with van der Waals surface area (Å²) >= 11 is 0. The van der Waals surface area contributed by atoms with Gasteiger partial charge in [-0.2, -0.15) is 0 Å². The van der Waals surface area contributed by atoms with Crippen molar-refractivity contribution >= 4 is 11.8 Å². The molecule has 0 unspecified atom stereocenters. The highest BCUT2D eigenvalue weighted by molar-refractivity contribution is 5.94. The second-order valence-corrected chi connectivity index (χ2v) is 8.96. The molecule has 148 valence electrons. The Kier molecular flexibility index (Phi) is 6.08. The van der Waals surface area contributed by atoms with E-state index in [2.05, 4.69) is 20.8 Å². The van der Waals surface area contributed by atoms with Crippen LogP contribution in [0.25, 0.3) is 0 Å². The van der Waals surface area contributed by atoms with Crippen LogP contribution in [0.4, 0.5) is 0 Å². The molecule has 1 saturated heterocycles. The lowest BCUT2D eigenvalue weighted by Gasteiger charge is -2.36. The van der Waals surface area contributed by atoms with Gasteiger partial charge in [0.15, 0.2) is 0 Å². The fourth-order valence-electron chi connectivity index (χ4n) is 3.78. The number of piperazine rings is 1. The number of benzene rings is 1. The Balaban J connectivity index is 1.50. The van der Waals surface area contributed by atoms with Gasteiger partial charge in [0.25, 0.3) is 5.91 Å². The third-order valence-corrected chi connectivity index (χ3v) is 5.31. The van der Waals surface area contributed by atoms with Crippen molar-refractivity contribution in [2.45, 2.75) is 59.0 Å². The van der Waals surface area contributed by atoms with E-state index >= 15 is 0 Å². The molecule has 1 aliphatic carbocycles. The number of rotatable bonds is 4. The maximum absolute atomic E-state index is 12.7. The van der Waals surface area contributed by atoms with Gasteiger partial charge in [-0.15, -0.1) is 0 Å². The summed E-state index contributed by atoms with van der Waals surface area (Å²) in [5.74, 6) is 1.06. The summed E-state index contributed by atoms with van der Waals surface area (Å²) < 4.78 is 5.97. The van der Waals surface area contributed by atoms with Crippen LogP contribution in [0.2, 0.25) is 0 Å². The molecule has 1 saturated carbocycles. The molecule has 5 heteroatoms. The molecule has 0 spiro atoms. The van der Waals surface area contributed by atoms with Gasteiger partial charge >= 0.3 is 0 Å². The molecule has 2 aliphatic rings. The van der Waals surface area contributed by atoms with Crippen molar-refractivity contribution in [1.29, 1.82) is 0 Å². The van der Waals surface area contributed by atoms with Crippen molar-refractivity contribution in [3.05, 3.63) is 29.8 Å². The molecular weight excluding hydrogens is 340 g/mol. The van der Waals surface area contributed by atoms with E-state index in [4.69, 9.17) is 4.74 Å². The van der Waals surface area contributed by atoms with Crippen molar-refractivity contribution < 1.29 is 14.3 Å². The fraction of sp³-hybridized carbons (Fsp3) is 0.636. The quantitative estimate of drug-likeness (QED) is 0.809. The molecule has 0 aromatic heterocycles. The monoisotopic (exact) mass is 372 g/mol. The van der Waals surface area contributed by atoms with Crippen LogP contribution >= 0.6 is 0 Å². The van der Waals surface area contributed by atoms with Gasteiger partial charge < -0.3 is 14.5 Å². The zero-order valence-electron chi connectivity index (χ0n) is 16.9. The second kappa shape index (κ2) is 8.32. The first-order chi connectivity index (χ1) is 12.8. The number of carbonyl (C=O) groups is 2. The molecule has 1 heterocycles. The first kappa shape index (κ1) is 19.7. The number of hydrogen-bond donors (Lipinski definition) is 0. The van der Waals surface area contributed by atoms with E-state index in [1.807, 2.05) is 34.1 Å². The van der Waals surface area contributed by atoms with Crippen LogP contribution in [-0.4, -0.2) is 53.9 Å². The first-order valence-corrected chi connectivity index (χ1v) is 10.2. The summed E-state index contributed by atoms with van der Waals surface area (Å²) in [6.45, 7) is 8.64. The van der Waals surface area contributed by atoms with Crippen molar-refractivity contribution in [1.82, 2.24) is 9.80 Å². The Morgan fingerprint density at radius 2 is 1.52 bits per heavy atom. The molecule has 27 heavy (non-hydrogen) atoms. The predicted octanol–water partition coefficient (Wildman–Crippen LogP) is 3.73. The smallest absolute Gasteiger partial charge is 0.253 e. The first-order valence-electron chi connectivity index (χ1n) is 10.2. The van der Waals surface area contributed by atoms with E-state index in [0.717, 1.165) is 18.6 Å². The van der Waals surface area contributed by atoms with Gasteiger partial charge in [0.1, 0.15) is 5.75 Å². The van der Waals surface area contributed by atoms with Gasteiger partial charge in [-0.05, 0) is 55.4 Å². The van der Waals surface area contributed by atoms with Crippen LogP contribution < -0.4 is 4.74 Å². The number of nitrogens with zero attached hydrogens (tertiary/aromatic N) is 2. The predicted molar refractivity (Wildman–Crippen MR) is 106 cm³/mol. The van der Waals surface area contributed by atoms with Gasteiger partial charge in [-0.3, -0.25) is 9.59 Å². The van der Waals surface area contributed by atoms with Gasteiger partial charge in [0, 0.05) is 38.2 Å². The number of ether oxygens (including phenoxy) is 1. The normalized spacial score (nSPS) is 18.6. The van der Waals surface area contributed by atoms with E-state index in [1.54, 1.807) is 0 Å². The van der Waals surface area contributed by atoms with E-state index in [-0.39, 0.29) is 17.2 Å². The number of carbonyl (C=O) groups excluding carboxylic acids is 2. The van der Waals surface area contributed by atoms with E-state index in [9.17, 15) is 9.59 Å². The Morgan fingerprint density at radius 3 is 2.07 bits per heavy atom. The van der Waals surface area contributed by atoms with Crippen LogP contribution in [0.15, 0.2) is 24.3 Å². The van der Waals surface area contributed by atoms with Crippen LogP contribution in [0, 0.1) is 5.41 Å². The lowest BCUT2D eigenvalue weighted by molar-refractivity contribution is -0.134. The van der Waals surface area contributed by atoms with Gasteiger partial charge in [-0.1, -0.05) is 20.8 Å². The largest absolute Gasteiger partial charge is 0.490 e. The van der Waals surface area contributed by atoms with E-state index < -0.39 is 0 Å². The van der Waals surface area contributed by atoms with Gasteiger partial charge in [0.2, 0.25) is 5.91 Å². The van der Waals surface area contributed by atoms with Crippen LogP contribution in [0.5, 0.6) is 5.75 Å². The third-order valence-electron chi connectivity index (χ3n) is 5.31. The topological polar surface area (TPSA) is 49.9 Å². The highest BCUT2D eigenvalue weighted by Crippen LogP contribution is 2.25. The zero-order valence-corrected chi connectivity index (χ0v) is 16.9. The molecule has 1 aromatic carbocycles. The van der Waals surface area contributed by atoms with Gasteiger partial charge in [-0.25, -0.2) is 0 Å². The fourth-order valence-corrected chi connectivity index (χ4v) is 3.78. The van der Waals surface area contributed by atoms with Crippen molar-refractivity contribution in [3.8, 4) is 5.75 Å². The van der Waals surface area contributed by atoms with Gasteiger partial charge in [0.05, 0.1) is 6.10 Å². The maximum atomic E-state index is 12.7. The Hall–Kier alpha value is -2.04. The van der Waals surface area contributed by atoms with Crippen molar-refractivity contribution in [3.63, 3.8) is 0 Å². The van der Waals surface area contributed by atoms with Crippen molar-refractivity contribution in [2.24, 2.45) is 5.41 Å².